The van der Waals surface area contributed by atoms with Gasteiger partial charge in [0.1, 0.15) is 6.04 Å². The Morgan fingerprint density at radius 3 is 2.75 bits per heavy atom. The number of carbonyl (C=O) groups is 2. The van der Waals surface area contributed by atoms with Crippen molar-refractivity contribution in [3.8, 4) is 6.07 Å². The molecule has 2 amide bonds. The average Bonchev–Trinajstić information content (AvgIpc) is 2.96. The molecule has 1 saturated heterocycles. The van der Waals surface area contributed by atoms with Crippen LogP contribution in [0.15, 0.2) is 54.6 Å². The normalized spacial score (nSPS) is 16.7. The molecule has 1 heterocycles. The van der Waals surface area contributed by atoms with Gasteiger partial charge in [0.25, 0.3) is 5.91 Å². The maximum absolute atomic E-state index is 12.5. The predicted octanol–water partition coefficient (Wildman–Crippen LogP) is 2.09. The molecule has 0 spiro atoms. The molecule has 3 rings (SSSR count). The third-order valence-corrected chi connectivity index (χ3v) is 4.07. The Bertz CT molecular complexity index is 796. The molecule has 1 N–H and O–H groups in total. The van der Waals surface area contributed by atoms with Gasteiger partial charge in [0.2, 0.25) is 5.91 Å². The molecule has 0 saturated carbocycles. The van der Waals surface area contributed by atoms with Gasteiger partial charge in [-0.15, -0.1) is 0 Å². The second kappa shape index (κ2) is 6.97. The van der Waals surface area contributed by atoms with Gasteiger partial charge in [-0.25, -0.2) is 0 Å². The smallest absolute Gasteiger partial charge is 0.251 e. The van der Waals surface area contributed by atoms with Crippen LogP contribution in [-0.2, 0) is 11.3 Å². The third-order valence-electron chi connectivity index (χ3n) is 4.07. The van der Waals surface area contributed by atoms with Crippen molar-refractivity contribution in [2.45, 2.75) is 19.0 Å². The molecule has 2 aromatic carbocycles. The second-order valence-corrected chi connectivity index (χ2v) is 5.75. The summed E-state index contributed by atoms with van der Waals surface area (Å²) in [6, 6.07) is 17.7. The van der Waals surface area contributed by atoms with E-state index in [2.05, 4.69) is 11.4 Å². The Morgan fingerprint density at radius 1 is 1.21 bits per heavy atom. The Hall–Kier alpha value is -3.13. The maximum Gasteiger partial charge on any atom is 0.251 e. The molecule has 2 aromatic rings. The SMILES string of the molecule is N#Cc1cccc(CN2CC[C@H](NC(=O)c3ccccc3)C2=O)c1. The van der Waals surface area contributed by atoms with Crippen molar-refractivity contribution in [1.29, 1.82) is 5.26 Å². The van der Waals surface area contributed by atoms with Gasteiger partial charge in [-0.05, 0) is 36.2 Å². The predicted molar refractivity (Wildman–Crippen MR) is 88.9 cm³/mol. The molecule has 0 aromatic heterocycles. The number of rotatable bonds is 4. The number of hydrogen-bond acceptors (Lipinski definition) is 3. The summed E-state index contributed by atoms with van der Waals surface area (Å²) in [6.07, 6.45) is 0.593. The highest BCUT2D eigenvalue weighted by atomic mass is 16.2. The number of likely N-dealkylation sites (tertiary alicyclic amines) is 1. The lowest BCUT2D eigenvalue weighted by Crippen LogP contribution is -2.41. The van der Waals surface area contributed by atoms with Crippen molar-refractivity contribution in [3.05, 3.63) is 71.3 Å². The summed E-state index contributed by atoms with van der Waals surface area (Å²) in [6.45, 7) is 1.04. The van der Waals surface area contributed by atoms with E-state index in [0.717, 1.165) is 5.56 Å². The molecule has 0 bridgehead atoms. The zero-order valence-electron chi connectivity index (χ0n) is 13.1. The van der Waals surface area contributed by atoms with Gasteiger partial charge < -0.3 is 10.2 Å². The lowest BCUT2D eigenvalue weighted by molar-refractivity contribution is -0.129. The fourth-order valence-electron chi connectivity index (χ4n) is 2.82. The van der Waals surface area contributed by atoms with Gasteiger partial charge in [-0.3, -0.25) is 9.59 Å². The Labute approximate surface area is 140 Å². The first kappa shape index (κ1) is 15.8. The Morgan fingerprint density at radius 2 is 2.00 bits per heavy atom. The molecular formula is C19H17N3O2. The van der Waals surface area contributed by atoms with Crippen molar-refractivity contribution in [3.63, 3.8) is 0 Å². The molecule has 24 heavy (non-hydrogen) atoms. The van der Waals surface area contributed by atoms with Crippen LogP contribution < -0.4 is 5.32 Å². The summed E-state index contributed by atoms with van der Waals surface area (Å²) in [7, 11) is 0. The zero-order chi connectivity index (χ0) is 16.9. The van der Waals surface area contributed by atoms with E-state index in [1.54, 1.807) is 41.3 Å². The number of carbonyl (C=O) groups excluding carboxylic acids is 2. The van der Waals surface area contributed by atoms with Crippen molar-refractivity contribution < 1.29 is 9.59 Å². The minimum Gasteiger partial charge on any atom is -0.340 e. The van der Waals surface area contributed by atoms with Gasteiger partial charge in [-0.1, -0.05) is 30.3 Å². The molecule has 0 aliphatic carbocycles. The van der Waals surface area contributed by atoms with Crippen LogP contribution in [0.25, 0.3) is 0 Å². The molecule has 0 unspecified atom stereocenters. The lowest BCUT2D eigenvalue weighted by Gasteiger charge is -2.17. The number of benzene rings is 2. The summed E-state index contributed by atoms with van der Waals surface area (Å²) >= 11 is 0. The fourth-order valence-corrected chi connectivity index (χ4v) is 2.82. The minimum absolute atomic E-state index is 0.0818. The first-order chi connectivity index (χ1) is 11.7. The number of nitrogens with zero attached hydrogens (tertiary/aromatic N) is 2. The van der Waals surface area contributed by atoms with E-state index in [-0.39, 0.29) is 11.8 Å². The Kier molecular flexibility index (Phi) is 4.57. The molecular weight excluding hydrogens is 302 g/mol. The summed E-state index contributed by atoms with van der Waals surface area (Å²) in [4.78, 5) is 26.4. The largest absolute Gasteiger partial charge is 0.340 e. The monoisotopic (exact) mass is 319 g/mol. The summed E-state index contributed by atoms with van der Waals surface area (Å²) < 4.78 is 0. The molecule has 1 aliphatic heterocycles. The van der Waals surface area contributed by atoms with Gasteiger partial charge in [0.05, 0.1) is 11.6 Å². The van der Waals surface area contributed by atoms with Crippen LogP contribution in [0.2, 0.25) is 0 Å². The fraction of sp³-hybridized carbons (Fsp3) is 0.211. The van der Waals surface area contributed by atoms with E-state index in [9.17, 15) is 9.59 Å². The highest BCUT2D eigenvalue weighted by Gasteiger charge is 2.32. The lowest BCUT2D eigenvalue weighted by atomic mass is 10.1. The van der Waals surface area contributed by atoms with E-state index >= 15 is 0 Å². The van der Waals surface area contributed by atoms with E-state index in [1.165, 1.54) is 0 Å². The van der Waals surface area contributed by atoms with Gasteiger partial charge in [0, 0.05) is 18.7 Å². The molecule has 120 valence electrons. The molecule has 5 heteroatoms. The molecule has 1 aliphatic rings. The summed E-state index contributed by atoms with van der Waals surface area (Å²) in [5.41, 5.74) is 2.04. The number of nitrogens with one attached hydrogen (secondary N) is 1. The second-order valence-electron chi connectivity index (χ2n) is 5.75. The van der Waals surface area contributed by atoms with Crippen LogP contribution in [0.3, 0.4) is 0 Å². The molecule has 1 fully saturated rings. The van der Waals surface area contributed by atoms with E-state index in [4.69, 9.17) is 5.26 Å². The highest BCUT2D eigenvalue weighted by molar-refractivity contribution is 5.98. The summed E-state index contributed by atoms with van der Waals surface area (Å²) in [5, 5.41) is 11.7. The molecule has 0 radical (unpaired) electrons. The van der Waals surface area contributed by atoms with Crippen LogP contribution in [0.1, 0.15) is 27.9 Å². The summed E-state index contributed by atoms with van der Waals surface area (Å²) in [5.74, 6) is -0.316. The number of hydrogen-bond donors (Lipinski definition) is 1. The van der Waals surface area contributed by atoms with Crippen molar-refractivity contribution in [2.75, 3.05) is 6.54 Å². The van der Waals surface area contributed by atoms with Crippen LogP contribution in [0, 0.1) is 11.3 Å². The van der Waals surface area contributed by atoms with Crippen LogP contribution in [-0.4, -0.2) is 29.3 Å². The third kappa shape index (κ3) is 3.44. The maximum atomic E-state index is 12.5. The van der Waals surface area contributed by atoms with Gasteiger partial charge in [0.15, 0.2) is 0 Å². The van der Waals surface area contributed by atoms with Crippen molar-refractivity contribution in [2.24, 2.45) is 0 Å². The van der Waals surface area contributed by atoms with Crippen molar-refractivity contribution >= 4 is 11.8 Å². The van der Waals surface area contributed by atoms with Gasteiger partial charge in [-0.2, -0.15) is 5.26 Å². The standard InChI is InChI=1S/C19H17N3O2/c20-12-14-5-4-6-15(11-14)13-22-10-9-17(19(22)24)21-18(23)16-7-2-1-3-8-16/h1-8,11,17H,9-10,13H2,(H,21,23)/t17-/m0/s1. The first-order valence-corrected chi connectivity index (χ1v) is 7.81. The topological polar surface area (TPSA) is 73.2 Å². The van der Waals surface area contributed by atoms with E-state index in [0.29, 0.717) is 30.6 Å². The van der Waals surface area contributed by atoms with Crippen LogP contribution >= 0.6 is 0 Å². The average molecular weight is 319 g/mol. The highest BCUT2D eigenvalue weighted by Crippen LogP contribution is 2.16. The first-order valence-electron chi connectivity index (χ1n) is 7.81. The number of nitriles is 1. The molecule has 5 nitrogen and oxygen atoms in total. The van der Waals surface area contributed by atoms with Crippen LogP contribution in [0.4, 0.5) is 0 Å². The van der Waals surface area contributed by atoms with Crippen LogP contribution in [0.5, 0.6) is 0 Å². The van der Waals surface area contributed by atoms with E-state index < -0.39 is 6.04 Å². The minimum atomic E-state index is -0.489. The molecule has 1 atom stereocenters. The van der Waals surface area contributed by atoms with E-state index in [1.807, 2.05) is 18.2 Å². The zero-order valence-corrected chi connectivity index (χ0v) is 13.1. The number of amides is 2. The van der Waals surface area contributed by atoms with Crippen molar-refractivity contribution in [1.82, 2.24) is 10.2 Å². The quantitative estimate of drug-likeness (QED) is 0.938. The Balaban J connectivity index is 1.63. The van der Waals surface area contributed by atoms with Gasteiger partial charge >= 0.3 is 0 Å².